The second kappa shape index (κ2) is 7.14. The molecule has 1 saturated heterocycles. The molecule has 3 heterocycles. The number of amides is 1. The van der Waals surface area contributed by atoms with Crippen molar-refractivity contribution in [1.82, 2.24) is 9.97 Å². The van der Waals surface area contributed by atoms with Crippen LogP contribution in [0, 0.1) is 6.92 Å². The number of carbonyl (C=O) groups is 2. The van der Waals surface area contributed by atoms with Crippen LogP contribution in [0.1, 0.15) is 22.9 Å². The van der Waals surface area contributed by atoms with Gasteiger partial charge in [0.25, 0.3) is 5.78 Å². The first kappa shape index (κ1) is 19.1. The summed E-state index contributed by atoms with van der Waals surface area (Å²) in [5.74, 6) is -1.48. The zero-order valence-electron chi connectivity index (χ0n) is 16.3. The van der Waals surface area contributed by atoms with Gasteiger partial charge in [-0.05, 0) is 48.9 Å². The molecule has 31 heavy (non-hydrogen) atoms. The van der Waals surface area contributed by atoms with Crippen molar-refractivity contribution in [3.8, 4) is 0 Å². The minimum Gasteiger partial charge on any atom is -0.507 e. The summed E-state index contributed by atoms with van der Waals surface area (Å²) in [5.41, 5.74) is 2.62. The Kier molecular flexibility index (Phi) is 4.41. The van der Waals surface area contributed by atoms with Crippen LogP contribution < -0.4 is 4.90 Å². The molecule has 4 aromatic rings. The summed E-state index contributed by atoms with van der Waals surface area (Å²) < 4.78 is 5.54. The Bertz CT molecular complexity index is 1370. The first-order chi connectivity index (χ1) is 14.9. The fourth-order valence-electron chi connectivity index (χ4n) is 3.78. The van der Waals surface area contributed by atoms with Gasteiger partial charge >= 0.3 is 5.91 Å². The van der Waals surface area contributed by atoms with Crippen LogP contribution in [0.3, 0.4) is 0 Å². The van der Waals surface area contributed by atoms with Crippen molar-refractivity contribution in [2.45, 2.75) is 13.0 Å². The van der Waals surface area contributed by atoms with E-state index in [1.54, 1.807) is 30.3 Å². The Morgan fingerprint density at radius 3 is 2.74 bits per heavy atom. The number of aliphatic hydroxyl groups excluding tert-OH is 1. The van der Waals surface area contributed by atoms with E-state index in [0.717, 1.165) is 11.1 Å². The molecule has 1 amide bonds. The maximum absolute atomic E-state index is 13.1. The highest BCUT2D eigenvalue weighted by molar-refractivity contribution is 6.51. The molecule has 2 N–H and O–H groups in total. The number of hydrogen-bond donors (Lipinski definition) is 2. The highest BCUT2D eigenvalue weighted by atomic mass is 35.5. The van der Waals surface area contributed by atoms with Crippen molar-refractivity contribution < 1.29 is 19.1 Å². The largest absolute Gasteiger partial charge is 0.507 e. The SMILES string of the molecule is Cc1ccc2nc(N3C(=O)C(=O)/C(=C(/O)c4cccc(Cl)c4)C3c3ccco3)[nH]c2c1. The Hall–Kier alpha value is -3.84. The second-order valence-electron chi connectivity index (χ2n) is 7.28. The number of aromatic amines is 1. The smallest absolute Gasteiger partial charge is 0.302 e. The molecule has 7 nitrogen and oxygen atoms in total. The number of rotatable bonds is 3. The average Bonchev–Trinajstić information content (AvgIpc) is 3.46. The molecule has 8 heteroatoms. The van der Waals surface area contributed by atoms with Gasteiger partial charge in [-0.25, -0.2) is 4.98 Å². The topological polar surface area (TPSA) is 99.4 Å². The van der Waals surface area contributed by atoms with Crippen LogP contribution in [0.5, 0.6) is 0 Å². The van der Waals surface area contributed by atoms with Crippen LogP contribution in [0.25, 0.3) is 16.8 Å². The number of imidazole rings is 1. The first-order valence-corrected chi connectivity index (χ1v) is 9.88. The summed E-state index contributed by atoms with van der Waals surface area (Å²) in [4.78, 5) is 34.9. The van der Waals surface area contributed by atoms with Gasteiger partial charge in [-0.2, -0.15) is 0 Å². The predicted molar refractivity (Wildman–Crippen MR) is 116 cm³/mol. The van der Waals surface area contributed by atoms with Gasteiger partial charge in [0.05, 0.1) is 22.9 Å². The molecule has 5 rings (SSSR count). The first-order valence-electron chi connectivity index (χ1n) is 9.51. The molecule has 1 atom stereocenters. The lowest BCUT2D eigenvalue weighted by molar-refractivity contribution is -0.132. The van der Waals surface area contributed by atoms with Crippen LogP contribution in [0.2, 0.25) is 5.02 Å². The van der Waals surface area contributed by atoms with Gasteiger partial charge in [0.1, 0.15) is 17.6 Å². The van der Waals surface area contributed by atoms with E-state index in [1.807, 2.05) is 25.1 Å². The van der Waals surface area contributed by atoms with Gasteiger partial charge in [-0.15, -0.1) is 0 Å². The van der Waals surface area contributed by atoms with Crippen LogP contribution in [-0.2, 0) is 9.59 Å². The number of anilines is 1. The van der Waals surface area contributed by atoms with E-state index in [0.29, 0.717) is 21.9 Å². The number of aryl methyl sites for hydroxylation is 1. The number of ketones is 1. The predicted octanol–water partition coefficient (Wildman–Crippen LogP) is 4.74. The van der Waals surface area contributed by atoms with E-state index in [1.165, 1.54) is 17.2 Å². The van der Waals surface area contributed by atoms with Gasteiger partial charge in [-0.1, -0.05) is 29.8 Å². The third-order valence-corrected chi connectivity index (χ3v) is 5.44. The van der Waals surface area contributed by atoms with Crippen molar-refractivity contribution in [3.63, 3.8) is 0 Å². The number of fused-ring (bicyclic) bond motifs is 1. The van der Waals surface area contributed by atoms with E-state index >= 15 is 0 Å². The van der Waals surface area contributed by atoms with Crippen LogP contribution in [0.4, 0.5) is 5.95 Å². The van der Waals surface area contributed by atoms with Crippen molar-refractivity contribution in [2.24, 2.45) is 0 Å². The molecule has 1 aliphatic rings. The quantitative estimate of drug-likeness (QED) is 0.276. The molecule has 2 aromatic carbocycles. The molecular weight excluding hydrogens is 418 g/mol. The van der Waals surface area contributed by atoms with E-state index < -0.39 is 17.7 Å². The Morgan fingerprint density at radius 1 is 1.16 bits per heavy atom. The van der Waals surface area contributed by atoms with E-state index in [2.05, 4.69) is 9.97 Å². The summed E-state index contributed by atoms with van der Waals surface area (Å²) in [6.45, 7) is 1.94. The van der Waals surface area contributed by atoms with Crippen LogP contribution in [-0.4, -0.2) is 26.8 Å². The molecule has 1 fully saturated rings. The zero-order chi connectivity index (χ0) is 21.7. The molecule has 154 valence electrons. The number of benzene rings is 2. The second-order valence-corrected chi connectivity index (χ2v) is 7.71. The average molecular weight is 434 g/mol. The summed E-state index contributed by atoms with van der Waals surface area (Å²) in [7, 11) is 0. The fourth-order valence-corrected chi connectivity index (χ4v) is 3.97. The van der Waals surface area contributed by atoms with Crippen molar-refractivity contribution >= 4 is 46.0 Å². The third-order valence-electron chi connectivity index (χ3n) is 5.21. The lowest BCUT2D eigenvalue weighted by Gasteiger charge is -2.20. The number of Topliss-reactive ketones (excluding diaryl/α,β-unsaturated/α-hetero) is 1. The van der Waals surface area contributed by atoms with Crippen molar-refractivity contribution in [2.75, 3.05) is 4.90 Å². The maximum Gasteiger partial charge on any atom is 0.302 e. The summed E-state index contributed by atoms with van der Waals surface area (Å²) in [5, 5.41) is 11.4. The van der Waals surface area contributed by atoms with E-state index in [9.17, 15) is 14.7 Å². The van der Waals surface area contributed by atoms with Gasteiger partial charge in [-0.3, -0.25) is 14.5 Å². The lowest BCUT2D eigenvalue weighted by Crippen LogP contribution is -2.30. The Labute approximate surface area is 181 Å². The highest BCUT2D eigenvalue weighted by Crippen LogP contribution is 2.42. The lowest BCUT2D eigenvalue weighted by atomic mass is 9.99. The number of furan rings is 1. The highest BCUT2D eigenvalue weighted by Gasteiger charge is 2.49. The van der Waals surface area contributed by atoms with Crippen molar-refractivity contribution in [1.29, 1.82) is 0 Å². The molecule has 2 aromatic heterocycles. The minimum atomic E-state index is -0.990. The standard InChI is InChI=1S/C23H16ClN3O4/c1-12-7-8-15-16(10-12)26-23(25-15)27-19(17-6-3-9-31-17)18(21(29)22(27)30)20(28)13-4-2-5-14(24)11-13/h2-11,19,28H,1H3,(H,25,26)/b20-18+. The third kappa shape index (κ3) is 3.10. The molecule has 0 bridgehead atoms. The number of carbonyl (C=O) groups excluding carboxylic acids is 2. The van der Waals surface area contributed by atoms with Gasteiger partial charge in [0, 0.05) is 10.6 Å². The maximum atomic E-state index is 13.1. The number of nitrogens with one attached hydrogen (secondary N) is 1. The van der Waals surface area contributed by atoms with Gasteiger partial charge < -0.3 is 14.5 Å². The molecule has 0 spiro atoms. The normalized spacial score (nSPS) is 18.3. The summed E-state index contributed by atoms with van der Waals surface area (Å²) >= 11 is 6.05. The number of hydrogen-bond acceptors (Lipinski definition) is 5. The molecule has 1 unspecified atom stereocenters. The molecule has 0 aliphatic carbocycles. The van der Waals surface area contributed by atoms with Crippen molar-refractivity contribution in [3.05, 3.63) is 88.3 Å². The van der Waals surface area contributed by atoms with Gasteiger partial charge in [0.15, 0.2) is 0 Å². The van der Waals surface area contributed by atoms with Crippen LogP contribution in [0.15, 0.2) is 70.9 Å². The van der Waals surface area contributed by atoms with Gasteiger partial charge in [0.2, 0.25) is 5.95 Å². The Balaban J connectivity index is 1.72. The Morgan fingerprint density at radius 2 is 2.00 bits per heavy atom. The van der Waals surface area contributed by atoms with E-state index in [-0.39, 0.29) is 17.3 Å². The van der Waals surface area contributed by atoms with E-state index in [4.69, 9.17) is 16.0 Å². The molecule has 0 saturated carbocycles. The molecular formula is C23H16ClN3O4. The summed E-state index contributed by atoms with van der Waals surface area (Å²) in [6, 6.07) is 14.4. The monoisotopic (exact) mass is 433 g/mol. The van der Waals surface area contributed by atoms with Crippen LogP contribution >= 0.6 is 11.6 Å². The summed E-state index contributed by atoms with van der Waals surface area (Å²) in [6.07, 6.45) is 1.44. The fraction of sp³-hybridized carbons (Fsp3) is 0.0870. The number of nitrogens with zero attached hydrogens (tertiary/aromatic N) is 2. The number of H-pyrrole nitrogens is 1. The number of aliphatic hydroxyl groups is 1. The number of aromatic nitrogens is 2. The zero-order valence-corrected chi connectivity index (χ0v) is 17.1. The molecule has 0 radical (unpaired) electrons. The minimum absolute atomic E-state index is 0.0983. The number of halogens is 1. The molecule has 1 aliphatic heterocycles.